The molecule has 1 saturated heterocycles. The predicted molar refractivity (Wildman–Crippen MR) is 77.4 cm³/mol. The van der Waals surface area contributed by atoms with E-state index in [9.17, 15) is 0 Å². The third-order valence-corrected chi connectivity index (χ3v) is 3.95. The minimum Gasteiger partial charge on any atom is -0.384 e. The zero-order chi connectivity index (χ0) is 13.3. The van der Waals surface area contributed by atoms with E-state index in [1.807, 2.05) is 12.1 Å². The molecule has 0 bridgehead atoms. The fourth-order valence-electron chi connectivity index (χ4n) is 3.00. The van der Waals surface area contributed by atoms with Gasteiger partial charge < -0.3 is 10.6 Å². The van der Waals surface area contributed by atoms with Crippen molar-refractivity contribution in [2.45, 2.75) is 39.7 Å². The van der Waals surface area contributed by atoms with Gasteiger partial charge in [-0.05, 0) is 44.2 Å². The lowest BCUT2D eigenvalue weighted by Crippen LogP contribution is -2.41. The highest BCUT2D eigenvalue weighted by molar-refractivity contribution is 6.01. The molecular formula is C15H23N3. The predicted octanol–water partition coefficient (Wildman–Crippen LogP) is 2.90. The number of amidine groups is 1. The molecule has 1 fully saturated rings. The summed E-state index contributed by atoms with van der Waals surface area (Å²) in [4.78, 5) is 2.42. The molecule has 1 aromatic rings. The summed E-state index contributed by atoms with van der Waals surface area (Å²) >= 11 is 0. The molecule has 0 aliphatic carbocycles. The van der Waals surface area contributed by atoms with E-state index in [0.29, 0.717) is 6.04 Å². The third kappa shape index (κ3) is 2.35. The molecule has 1 aliphatic heterocycles. The first-order chi connectivity index (χ1) is 8.50. The Morgan fingerprint density at radius 3 is 2.72 bits per heavy atom. The quantitative estimate of drug-likeness (QED) is 0.622. The molecule has 98 valence electrons. The third-order valence-electron chi connectivity index (χ3n) is 3.95. The number of hydrogen-bond acceptors (Lipinski definition) is 2. The van der Waals surface area contributed by atoms with Crippen LogP contribution in [0.25, 0.3) is 0 Å². The standard InChI is InChI=1S/C15H23N3/c1-10-7-8-18(12(3)9-10)14-11(2)5-4-6-13(14)15(16)17/h4-6,10,12H,7-9H2,1-3H3,(H3,16,17). The van der Waals surface area contributed by atoms with Crippen LogP contribution in [0.2, 0.25) is 0 Å². The van der Waals surface area contributed by atoms with Crippen molar-refractivity contribution < 1.29 is 0 Å². The summed E-state index contributed by atoms with van der Waals surface area (Å²) in [5.41, 5.74) is 8.96. The number of aryl methyl sites for hydroxylation is 1. The lowest BCUT2D eigenvalue weighted by atomic mass is 9.91. The van der Waals surface area contributed by atoms with Gasteiger partial charge in [0.1, 0.15) is 5.84 Å². The number of para-hydroxylation sites is 1. The lowest BCUT2D eigenvalue weighted by Gasteiger charge is -2.40. The number of nitrogens with zero attached hydrogens (tertiary/aromatic N) is 1. The maximum atomic E-state index is 7.75. The number of nitrogen functional groups attached to an aromatic ring is 1. The van der Waals surface area contributed by atoms with Gasteiger partial charge in [0.2, 0.25) is 0 Å². The van der Waals surface area contributed by atoms with Crippen molar-refractivity contribution >= 4 is 11.5 Å². The normalized spacial score (nSPS) is 24.1. The smallest absolute Gasteiger partial charge is 0.124 e. The van der Waals surface area contributed by atoms with Gasteiger partial charge in [-0.2, -0.15) is 0 Å². The minimum absolute atomic E-state index is 0.166. The van der Waals surface area contributed by atoms with E-state index in [-0.39, 0.29) is 5.84 Å². The molecule has 2 atom stereocenters. The summed E-state index contributed by atoms with van der Waals surface area (Å²) in [5, 5.41) is 7.75. The van der Waals surface area contributed by atoms with Gasteiger partial charge in [-0.1, -0.05) is 19.1 Å². The Hall–Kier alpha value is -1.51. The van der Waals surface area contributed by atoms with Crippen LogP contribution in [0, 0.1) is 18.3 Å². The van der Waals surface area contributed by atoms with Crippen molar-refractivity contribution in [3.05, 3.63) is 29.3 Å². The van der Waals surface area contributed by atoms with Gasteiger partial charge in [0.05, 0.1) is 5.69 Å². The average molecular weight is 245 g/mol. The fraction of sp³-hybridized carbons (Fsp3) is 0.533. The topological polar surface area (TPSA) is 53.1 Å². The SMILES string of the molecule is Cc1cccc(C(=N)N)c1N1CCC(C)CC1C. The van der Waals surface area contributed by atoms with Crippen LogP contribution in [0.3, 0.4) is 0 Å². The summed E-state index contributed by atoms with van der Waals surface area (Å²) in [6.45, 7) is 7.75. The summed E-state index contributed by atoms with van der Waals surface area (Å²) in [7, 11) is 0. The molecule has 2 unspecified atom stereocenters. The van der Waals surface area contributed by atoms with E-state index in [0.717, 1.165) is 23.7 Å². The Labute approximate surface area is 109 Å². The van der Waals surface area contributed by atoms with Crippen molar-refractivity contribution in [3.63, 3.8) is 0 Å². The summed E-state index contributed by atoms with van der Waals surface area (Å²) in [6, 6.07) is 6.56. The number of anilines is 1. The van der Waals surface area contributed by atoms with E-state index in [4.69, 9.17) is 11.1 Å². The Morgan fingerprint density at radius 2 is 2.11 bits per heavy atom. The molecule has 0 aromatic heterocycles. The molecule has 1 heterocycles. The molecule has 3 heteroatoms. The first-order valence-corrected chi connectivity index (χ1v) is 6.71. The Morgan fingerprint density at radius 1 is 1.39 bits per heavy atom. The molecule has 1 aliphatic rings. The second-order valence-electron chi connectivity index (χ2n) is 5.56. The van der Waals surface area contributed by atoms with Gasteiger partial charge in [-0.15, -0.1) is 0 Å². The monoisotopic (exact) mass is 245 g/mol. The van der Waals surface area contributed by atoms with Crippen LogP contribution in [-0.4, -0.2) is 18.4 Å². The second kappa shape index (κ2) is 5.01. The van der Waals surface area contributed by atoms with E-state index in [1.165, 1.54) is 18.4 Å². The first-order valence-electron chi connectivity index (χ1n) is 6.71. The van der Waals surface area contributed by atoms with Gasteiger partial charge in [0.15, 0.2) is 0 Å². The lowest BCUT2D eigenvalue weighted by molar-refractivity contribution is 0.377. The molecule has 0 radical (unpaired) electrons. The van der Waals surface area contributed by atoms with Crippen molar-refractivity contribution in [1.82, 2.24) is 0 Å². The highest BCUT2D eigenvalue weighted by atomic mass is 15.2. The van der Waals surface area contributed by atoms with Gasteiger partial charge in [0, 0.05) is 18.2 Å². The molecule has 3 N–H and O–H groups in total. The summed E-state index contributed by atoms with van der Waals surface area (Å²) in [5.74, 6) is 0.959. The number of benzene rings is 1. The van der Waals surface area contributed by atoms with Crippen LogP contribution < -0.4 is 10.6 Å². The van der Waals surface area contributed by atoms with Crippen molar-refractivity contribution in [3.8, 4) is 0 Å². The van der Waals surface area contributed by atoms with Crippen molar-refractivity contribution in [2.24, 2.45) is 11.7 Å². The number of hydrogen-bond donors (Lipinski definition) is 2. The van der Waals surface area contributed by atoms with E-state index in [1.54, 1.807) is 0 Å². The zero-order valence-electron chi connectivity index (χ0n) is 11.5. The maximum absolute atomic E-state index is 7.75. The molecule has 3 nitrogen and oxygen atoms in total. The van der Waals surface area contributed by atoms with E-state index < -0.39 is 0 Å². The Balaban J connectivity index is 2.41. The Kier molecular flexibility index (Phi) is 3.60. The summed E-state index contributed by atoms with van der Waals surface area (Å²) < 4.78 is 0. The Bertz CT molecular complexity index is 453. The van der Waals surface area contributed by atoms with Crippen molar-refractivity contribution in [1.29, 1.82) is 5.41 Å². The highest BCUT2D eigenvalue weighted by Crippen LogP contribution is 2.32. The van der Waals surface area contributed by atoms with Crippen LogP contribution in [-0.2, 0) is 0 Å². The summed E-state index contributed by atoms with van der Waals surface area (Å²) in [6.07, 6.45) is 2.43. The molecule has 0 saturated carbocycles. The largest absolute Gasteiger partial charge is 0.384 e. The molecular weight excluding hydrogens is 222 g/mol. The van der Waals surface area contributed by atoms with E-state index >= 15 is 0 Å². The molecule has 0 amide bonds. The molecule has 1 aromatic carbocycles. The molecule has 18 heavy (non-hydrogen) atoms. The van der Waals surface area contributed by atoms with Gasteiger partial charge in [0.25, 0.3) is 0 Å². The van der Waals surface area contributed by atoms with Crippen LogP contribution in [0.15, 0.2) is 18.2 Å². The molecule has 2 rings (SSSR count). The van der Waals surface area contributed by atoms with Crippen LogP contribution in [0.4, 0.5) is 5.69 Å². The zero-order valence-corrected chi connectivity index (χ0v) is 11.5. The van der Waals surface area contributed by atoms with Crippen molar-refractivity contribution in [2.75, 3.05) is 11.4 Å². The minimum atomic E-state index is 0.166. The van der Waals surface area contributed by atoms with Crippen LogP contribution in [0.5, 0.6) is 0 Å². The number of piperidine rings is 1. The highest BCUT2D eigenvalue weighted by Gasteiger charge is 2.26. The molecule has 0 spiro atoms. The number of rotatable bonds is 2. The van der Waals surface area contributed by atoms with Crippen LogP contribution in [0.1, 0.15) is 37.8 Å². The number of nitrogens with two attached hydrogens (primary N) is 1. The first kappa shape index (κ1) is 12.9. The van der Waals surface area contributed by atoms with Gasteiger partial charge in [-0.25, -0.2) is 0 Å². The van der Waals surface area contributed by atoms with Crippen LogP contribution >= 0.6 is 0 Å². The van der Waals surface area contributed by atoms with Gasteiger partial charge >= 0.3 is 0 Å². The van der Waals surface area contributed by atoms with Gasteiger partial charge in [-0.3, -0.25) is 5.41 Å². The fourth-order valence-corrected chi connectivity index (χ4v) is 3.00. The van der Waals surface area contributed by atoms with E-state index in [2.05, 4.69) is 31.7 Å². The average Bonchev–Trinajstić information content (AvgIpc) is 2.29. The maximum Gasteiger partial charge on any atom is 0.124 e. The second-order valence-corrected chi connectivity index (χ2v) is 5.56. The number of nitrogens with one attached hydrogen (secondary N) is 1.